The molecule has 0 saturated carbocycles. The predicted molar refractivity (Wildman–Crippen MR) is 61.5 cm³/mol. The molecule has 1 aliphatic heterocycles. The summed E-state index contributed by atoms with van der Waals surface area (Å²) in [5.41, 5.74) is 0. The Morgan fingerprint density at radius 3 is 3.00 bits per heavy atom. The van der Waals surface area contributed by atoms with E-state index in [9.17, 15) is 4.79 Å². The maximum Gasteiger partial charge on any atom is 0.222 e. The Morgan fingerprint density at radius 2 is 2.46 bits per heavy atom. The average molecular weight is 266 g/mol. The summed E-state index contributed by atoms with van der Waals surface area (Å²) in [6, 6.07) is 0. The van der Waals surface area contributed by atoms with Gasteiger partial charge in [-0.15, -0.1) is 0 Å². The van der Waals surface area contributed by atoms with Gasteiger partial charge in [-0.1, -0.05) is 15.9 Å². The second kappa shape index (κ2) is 5.91. The molecule has 0 bridgehead atoms. The van der Waals surface area contributed by atoms with Crippen molar-refractivity contribution in [3.05, 3.63) is 0 Å². The first-order valence-corrected chi connectivity index (χ1v) is 7.12. The standard InChI is InChI=1S/C9H16BrNOS/c1-13-4-2-3-11-7-8(6-10)5-9(11)12/h8H,2-7H2,1H3. The number of nitrogens with zero attached hydrogens (tertiary/aromatic N) is 1. The molecular formula is C9H16BrNOS. The number of alkyl halides is 1. The molecule has 1 aliphatic rings. The maximum absolute atomic E-state index is 11.4. The Bertz CT molecular complexity index is 177. The zero-order valence-corrected chi connectivity index (χ0v) is 10.4. The molecule has 2 nitrogen and oxygen atoms in total. The van der Waals surface area contributed by atoms with E-state index in [2.05, 4.69) is 22.2 Å². The summed E-state index contributed by atoms with van der Waals surface area (Å²) in [6.45, 7) is 1.90. The van der Waals surface area contributed by atoms with Gasteiger partial charge in [-0.3, -0.25) is 4.79 Å². The van der Waals surface area contributed by atoms with Crippen molar-refractivity contribution < 1.29 is 4.79 Å². The molecule has 0 N–H and O–H groups in total. The van der Waals surface area contributed by atoms with Crippen LogP contribution in [0.4, 0.5) is 0 Å². The fourth-order valence-corrected chi connectivity index (χ4v) is 2.42. The van der Waals surface area contributed by atoms with Crippen LogP contribution in [0, 0.1) is 5.92 Å². The lowest BCUT2D eigenvalue weighted by atomic mass is 10.2. The topological polar surface area (TPSA) is 20.3 Å². The summed E-state index contributed by atoms with van der Waals surface area (Å²) in [4.78, 5) is 13.4. The van der Waals surface area contributed by atoms with Crippen molar-refractivity contribution in [3.8, 4) is 0 Å². The smallest absolute Gasteiger partial charge is 0.222 e. The van der Waals surface area contributed by atoms with Crippen LogP contribution in [-0.4, -0.2) is 41.2 Å². The second-order valence-corrected chi connectivity index (χ2v) is 5.04. The van der Waals surface area contributed by atoms with Crippen molar-refractivity contribution in [2.75, 3.05) is 30.4 Å². The van der Waals surface area contributed by atoms with Gasteiger partial charge >= 0.3 is 0 Å². The summed E-state index contributed by atoms with van der Waals surface area (Å²) >= 11 is 5.28. The number of rotatable bonds is 5. The molecule has 0 aliphatic carbocycles. The molecular weight excluding hydrogens is 250 g/mol. The SMILES string of the molecule is CSCCCN1CC(CBr)CC1=O. The van der Waals surface area contributed by atoms with E-state index >= 15 is 0 Å². The average Bonchev–Trinajstić information content (AvgIpc) is 2.48. The van der Waals surface area contributed by atoms with Crippen molar-refractivity contribution in [2.45, 2.75) is 12.8 Å². The third-order valence-electron chi connectivity index (χ3n) is 2.29. The molecule has 1 saturated heterocycles. The highest BCUT2D eigenvalue weighted by Crippen LogP contribution is 2.19. The minimum atomic E-state index is 0.338. The largest absolute Gasteiger partial charge is 0.342 e. The van der Waals surface area contributed by atoms with E-state index < -0.39 is 0 Å². The number of hydrogen-bond acceptors (Lipinski definition) is 2. The van der Waals surface area contributed by atoms with Gasteiger partial charge in [-0.25, -0.2) is 0 Å². The Kier molecular flexibility index (Phi) is 5.17. The third kappa shape index (κ3) is 3.50. The van der Waals surface area contributed by atoms with Gasteiger partial charge in [-0.2, -0.15) is 11.8 Å². The fourth-order valence-electron chi connectivity index (χ4n) is 1.57. The van der Waals surface area contributed by atoms with Crippen LogP contribution in [0.1, 0.15) is 12.8 Å². The highest BCUT2D eigenvalue weighted by molar-refractivity contribution is 9.09. The lowest BCUT2D eigenvalue weighted by molar-refractivity contribution is -0.127. The highest BCUT2D eigenvalue weighted by Gasteiger charge is 2.27. The summed E-state index contributed by atoms with van der Waals surface area (Å²) in [5, 5.41) is 0.956. The normalized spacial score (nSPS) is 22.8. The Labute approximate surface area is 92.6 Å². The summed E-state index contributed by atoms with van der Waals surface area (Å²) in [5.74, 6) is 2.04. The van der Waals surface area contributed by atoms with E-state index in [1.807, 2.05) is 16.7 Å². The van der Waals surface area contributed by atoms with Gasteiger partial charge in [0.2, 0.25) is 5.91 Å². The first-order valence-electron chi connectivity index (χ1n) is 4.60. The van der Waals surface area contributed by atoms with Crippen LogP contribution in [0.5, 0.6) is 0 Å². The van der Waals surface area contributed by atoms with Gasteiger partial charge in [0.05, 0.1) is 0 Å². The van der Waals surface area contributed by atoms with Crippen molar-refractivity contribution in [1.82, 2.24) is 4.90 Å². The number of hydrogen-bond donors (Lipinski definition) is 0. The summed E-state index contributed by atoms with van der Waals surface area (Å²) < 4.78 is 0. The number of halogens is 1. The van der Waals surface area contributed by atoms with Crippen molar-refractivity contribution in [3.63, 3.8) is 0 Å². The number of amides is 1. The molecule has 0 aromatic carbocycles. The molecule has 76 valence electrons. The zero-order chi connectivity index (χ0) is 9.68. The highest BCUT2D eigenvalue weighted by atomic mass is 79.9. The summed E-state index contributed by atoms with van der Waals surface area (Å²) in [6.07, 6.45) is 3.97. The molecule has 4 heteroatoms. The van der Waals surface area contributed by atoms with Gasteiger partial charge < -0.3 is 4.90 Å². The van der Waals surface area contributed by atoms with Gasteiger partial charge in [0.15, 0.2) is 0 Å². The molecule has 1 unspecified atom stereocenters. The molecule has 0 radical (unpaired) electrons. The van der Waals surface area contributed by atoms with Gasteiger partial charge in [0.25, 0.3) is 0 Å². The molecule has 13 heavy (non-hydrogen) atoms. The van der Waals surface area contributed by atoms with Gasteiger partial charge in [0.1, 0.15) is 0 Å². The summed E-state index contributed by atoms with van der Waals surface area (Å²) in [7, 11) is 0. The minimum Gasteiger partial charge on any atom is -0.342 e. The fraction of sp³-hybridized carbons (Fsp3) is 0.889. The molecule has 0 aromatic rings. The second-order valence-electron chi connectivity index (χ2n) is 3.41. The van der Waals surface area contributed by atoms with Crippen molar-refractivity contribution in [2.24, 2.45) is 5.92 Å². The molecule has 1 heterocycles. The minimum absolute atomic E-state index is 0.338. The van der Waals surface area contributed by atoms with E-state index in [0.717, 1.165) is 37.0 Å². The molecule has 1 amide bonds. The number of carbonyl (C=O) groups excluding carboxylic acids is 1. The molecule has 0 spiro atoms. The van der Waals surface area contributed by atoms with Crippen LogP contribution < -0.4 is 0 Å². The predicted octanol–water partition coefficient (Wildman–Crippen LogP) is 1.98. The number of thioether (sulfide) groups is 1. The number of carbonyl (C=O) groups is 1. The van der Waals surface area contributed by atoms with Crippen LogP contribution in [0.3, 0.4) is 0 Å². The molecule has 1 fully saturated rings. The van der Waals surface area contributed by atoms with E-state index in [4.69, 9.17) is 0 Å². The Balaban J connectivity index is 2.23. The lowest BCUT2D eigenvalue weighted by Gasteiger charge is -2.15. The van der Waals surface area contributed by atoms with E-state index in [1.165, 1.54) is 0 Å². The van der Waals surface area contributed by atoms with Gasteiger partial charge in [-0.05, 0) is 24.3 Å². The zero-order valence-electron chi connectivity index (χ0n) is 7.96. The van der Waals surface area contributed by atoms with E-state index in [1.54, 1.807) is 0 Å². The Morgan fingerprint density at radius 1 is 1.69 bits per heavy atom. The molecule has 1 rings (SSSR count). The maximum atomic E-state index is 11.4. The first-order chi connectivity index (χ1) is 6.27. The van der Waals surface area contributed by atoms with Gasteiger partial charge in [0, 0.05) is 24.8 Å². The molecule has 1 atom stereocenters. The van der Waals surface area contributed by atoms with Crippen LogP contribution in [-0.2, 0) is 4.79 Å². The van der Waals surface area contributed by atoms with Crippen LogP contribution in [0.25, 0.3) is 0 Å². The first kappa shape index (κ1) is 11.4. The molecule has 0 aromatic heterocycles. The van der Waals surface area contributed by atoms with Crippen LogP contribution in [0.15, 0.2) is 0 Å². The number of likely N-dealkylation sites (tertiary alicyclic amines) is 1. The third-order valence-corrected chi connectivity index (χ3v) is 3.90. The van der Waals surface area contributed by atoms with E-state index in [-0.39, 0.29) is 0 Å². The van der Waals surface area contributed by atoms with Crippen LogP contribution >= 0.6 is 27.7 Å². The lowest BCUT2D eigenvalue weighted by Crippen LogP contribution is -2.26. The van der Waals surface area contributed by atoms with E-state index in [0.29, 0.717) is 11.8 Å². The van der Waals surface area contributed by atoms with Crippen LogP contribution in [0.2, 0.25) is 0 Å². The monoisotopic (exact) mass is 265 g/mol. The quantitative estimate of drug-likeness (QED) is 0.560. The Hall–Kier alpha value is 0.300. The van der Waals surface area contributed by atoms with Crippen molar-refractivity contribution in [1.29, 1.82) is 0 Å². The van der Waals surface area contributed by atoms with Crippen molar-refractivity contribution >= 4 is 33.6 Å².